The number of ether oxygens (including phenoxy) is 1. The molecule has 0 bridgehead atoms. The van der Waals surface area contributed by atoms with E-state index in [4.69, 9.17) is 4.74 Å². The summed E-state index contributed by atoms with van der Waals surface area (Å²) in [6, 6.07) is 0. The van der Waals surface area contributed by atoms with E-state index in [-0.39, 0.29) is 12.4 Å². The topological polar surface area (TPSA) is 64.1 Å². The monoisotopic (exact) mass is 277 g/mol. The Morgan fingerprint density at radius 3 is 2.21 bits per heavy atom. The fourth-order valence-corrected chi connectivity index (χ4v) is 1.06. The summed E-state index contributed by atoms with van der Waals surface area (Å²) in [5, 5.41) is 2.35. The van der Waals surface area contributed by atoms with Gasteiger partial charge >= 0.3 is 12.3 Å². The van der Waals surface area contributed by atoms with Crippen molar-refractivity contribution in [1.29, 1.82) is 0 Å². The number of amides is 1. The Bertz CT molecular complexity index is 438. The van der Waals surface area contributed by atoms with Crippen molar-refractivity contribution in [3.63, 3.8) is 0 Å². The van der Waals surface area contributed by atoms with E-state index in [1.807, 2.05) is 0 Å². The molecule has 1 heterocycles. The molecule has 0 atom stereocenters. The summed E-state index contributed by atoms with van der Waals surface area (Å²) in [6.07, 6.45) is -3.83. The maximum atomic E-state index is 12.2. The average Bonchev–Trinajstić information content (AvgIpc) is 2.23. The molecule has 19 heavy (non-hydrogen) atoms. The van der Waals surface area contributed by atoms with Crippen molar-refractivity contribution in [2.75, 3.05) is 0 Å². The van der Waals surface area contributed by atoms with Crippen molar-refractivity contribution in [3.05, 3.63) is 23.8 Å². The lowest BCUT2D eigenvalue weighted by Crippen LogP contribution is -2.32. The fourth-order valence-electron chi connectivity index (χ4n) is 1.06. The Balaban J connectivity index is 2.53. The van der Waals surface area contributed by atoms with Crippen molar-refractivity contribution >= 4 is 6.09 Å². The quantitative estimate of drug-likeness (QED) is 0.902. The number of alkyl halides is 3. The van der Waals surface area contributed by atoms with E-state index in [1.165, 1.54) is 0 Å². The van der Waals surface area contributed by atoms with Crippen LogP contribution in [0.15, 0.2) is 12.4 Å². The van der Waals surface area contributed by atoms with Gasteiger partial charge in [-0.3, -0.25) is 0 Å². The Morgan fingerprint density at radius 1 is 1.26 bits per heavy atom. The minimum Gasteiger partial charge on any atom is -0.444 e. The summed E-state index contributed by atoms with van der Waals surface area (Å²) in [7, 11) is 0. The Kier molecular flexibility index (Phi) is 4.33. The normalized spacial score (nSPS) is 12.1. The summed E-state index contributed by atoms with van der Waals surface area (Å²) in [5.41, 5.74) is -1.58. The van der Waals surface area contributed by atoms with Crippen molar-refractivity contribution in [2.45, 2.75) is 39.1 Å². The van der Waals surface area contributed by atoms with Gasteiger partial charge in [0, 0.05) is 12.4 Å². The lowest BCUT2D eigenvalue weighted by atomic mass is 10.2. The molecule has 5 nitrogen and oxygen atoms in total. The second kappa shape index (κ2) is 5.41. The number of halogens is 3. The number of nitrogens with one attached hydrogen (secondary N) is 1. The van der Waals surface area contributed by atoms with E-state index in [9.17, 15) is 18.0 Å². The molecular formula is C11H14F3N3O2. The molecule has 0 aliphatic heterocycles. The molecule has 106 valence electrons. The molecule has 1 aromatic rings. The number of hydrogen-bond acceptors (Lipinski definition) is 4. The molecule has 0 aromatic carbocycles. The summed E-state index contributed by atoms with van der Waals surface area (Å²) in [5.74, 6) is 0.0684. The van der Waals surface area contributed by atoms with Crippen LogP contribution in [0.2, 0.25) is 0 Å². The standard InChI is InChI=1S/C11H14F3N3O2/c1-10(2,3)19-9(18)17-6-8-15-4-7(5-16-8)11(12,13)14/h4-5H,6H2,1-3H3,(H,17,18). The van der Waals surface area contributed by atoms with Gasteiger partial charge in [0.25, 0.3) is 0 Å². The molecule has 0 spiro atoms. The number of alkyl carbamates (subject to hydrolysis) is 1. The molecule has 0 aliphatic carbocycles. The number of hydrogen-bond donors (Lipinski definition) is 1. The van der Waals surface area contributed by atoms with Gasteiger partial charge in [0.05, 0.1) is 12.1 Å². The van der Waals surface area contributed by atoms with Gasteiger partial charge < -0.3 is 10.1 Å². The second-order valence-corrected chi connectivity index (χ2v) is 4.74. The minimum absolute atomic E-state index is 0.0684. The Labute approximate surface area is 108 Å². The van der Waals surface area contributed by atoms with Gasteiger partial charge in [0.15, 0.2) is 0 Å². The lowest BCUT2D eigenvalue weighted by molar-refractivity contribution is -0.138. The van der Waals surface area contributed by atoms with Crippen LogP contribution in [0, 0.1) is 0 Å². The third-order valence-corrected chi connectivity index (χ3v) is 1.82. The molecule has 1 aromatic heterocycles. The van der Waals surface area contributed by atoms with E-state index in [0.717, 1.165) is 0 Å². The minimum atomic E-state index is -4.48. The Morgan fingerprint density at radius 2 is 1.79 bits per heavy atom. The van der Waals surface area contributed by atoms with Gasteiger partial charge in [-0.1, -0.05) is 0 Å². The summed E-state index contributed by atoms with van der Waals surface area (Å²) in [4.78, 5) is 18.3. The van der Waals surface area contributed by atoms with Crippen molar-refractivity contribution in [3.8, 4) is 0 Å². The predicted octanol–water partition coefficient (Wildman–Crippen LogP) is 2.52. The number of rotatable bonds is 2. The van der Waals surface area contributed by atoms with E-state index in [0.29, 0.717) is 12.4 Å². The van der Waals surface area contributed by atoms with Crippen LogP contribution >= 0.6 is 0 Å². The third kappa shape index (κ3) is 5.54. The largest absolute Gasteiger partial charge is 0.444 e. The molecular weight excluding hydrogens is 263 g/mol. The third-order valence-electron chi connectivity index (χ3n) is 1.82. The maximum Gasteiger partial charge on any atom is 0.419 e. The van der Waals surface area contributed by atoms with E-state index in [2.05, 4.69) is 15.3 Å². The maximum absolute atomic E-state index is 12.2. The zero-order valence-electron chi connectivity index (χ0n) is 10.7. The number of carbonyl (C=O) groups is 1. The second-order valence-electron chi connectivity index (χ2n) is 4.74. The van der Waals surface area contributed by atoms with Crippen LogP contribution in [0.3, 0.4) is 0 Å². The lowest BCUT2D eigenvalue weighted by Gasteiger charge is -2.19. The van der Waals surface area contributed by atoms with E-state index in [1.54, 1.807) is 20.8 Å². The van der Waals surface area contributed by atoms with E-state index < -0.39 is 23.4 Å². The van der Waals surface area contributed by atoms with Crippen molar-refractivity contribution < 1.29 is 22.7 Å². The molecule has 1 rings (SSSR count). The van der Waals surface area contributed by atoms with Crippen LogP contribution in [-0.2, 0) is 17.5 Å². The van der Waals surface area contributed by atoms with Crippen LogP contribution in [0.5, 0.6) is 0 Å². The summed E-state index contributed by atoms with van der Waals surface area (Å²) < 4.78 is 41.7. The zero-order valence-corrected chi connectivity index (χ0v) is 10.7. The highest BCUT2D eigenvalue weighted by atomic mass is 19.4. The SMILES string of the molecule is CC(C)(C)OC(=O)NCc1ncc(C(F)(F)F)cn1. The van der Waals surface area contributed by atoms with Gasteiger partial charge in [-0.15, -0.1) is 0 Å². The number of nitrogens with zero attached hydrogens (tertiary/aromatic N) is 2. The highest BCUT2D eigenvalue weighted by molar-refractivity contribution is 5.67. The van der Waals surface area contributed by atoms with Crippen LogP contribution < -0.4 is 5.32 Å². The van der Waals surface area contributed by atoms with Crippen molar-refractivity contribution in [1.82, 2.24) is 15.3 Å². The van der Waals surface area contributed by atoms with Gasteiger partial charge in [-0.2, -0.15) is 13.2 Å². The molecule has 0 saturated heterocycles. The Hall–Kier alpha value is -1.86. The highest BCUT2D eigenvalue weighted by Gasteiger charge is 2.31. The first-order valence-electron chi connectivity index (χ1n) is 5.43. The van der Waals surface area contributed by atoms with Crippen LogP contribution in [0.4, 0.5) is 18.0 Å². The molecule has 8 heteroatoms. The first kappa shape index (κ1) is 15.2. The van der Waals surface area contributed by atoms with E-state index >= 15 is 0 Å². The molecule has 0 radical (unpaired) electrons. The van der Waals surface area contributed by atoms with Crippen molar-refractivity contribution in [2.24, 2.45) is 0 Å². The number of aromatic nitrogens is 2. The van der Waals surface area contributed by atoms with Gasteiger partial charge in [0.2, 0.25) is 0 Å². The van der Waals surface area contributed by atoms with Crippen LogP contribution in [0.1, 0.15) is 32.2 Å². The summed E-state index contributed by atoms with van der Waals surface area (Å²) >= 11 is 0. The first-order chi connectivity index (χ1) is 8.58. The number of carbonyl (C=O) groups excluding carboxylic acids is 1. The molecule has 0 saturated carbocycles. The fraction of sp³-hybridized carbons (Fsp3) is 0.545. The molecule has 0 unspecified atom stereocenters. The van der Waals surface area contributed by atoms with Crippen LogP contribution in [0.25, 0.3) is 0 Å². The van der Waals surface area contributed by atoms with Gasteiger partial charge in [-0.05, 0) is 20.8 Å². The molecule has 0 fully saturated rings. The predicted molar refractivity (Wildman–Crippen MR) is 60.1 cm³/mol. The highest BCUT2D eigenvalue weighted by Crippen LogP contribution is 2.27. The van der Waals surface area contributed by atoms with Gasteiger partial charge in [0.1, 0.15) is 11.4 Å². The first-order valence-corrected chi connectivity index (χ1v) is 5.43. The smallest absolute Gasteiger partial charge is 0.419 e. The molecule has 0 aliphatic rings. The van der Waals surface area contributed by atoms with Gasteiger partial charge in [-0.25, -0.2) is 14.8 Å². The summed E-state index contributed by atoms with van der Waals surface area (Å²) in [6.45, 7) is 4.98. The average molecular weight is 277 g/mol. The zero-order chi connectivity index (χ0) is 14.7. The molecule has 1 amide bonds. The molecule has 1 N–H and O–H groups in total. The van der Waals surface area contributed by atoms with Crippen LogP contribution in [-0.4, -0.2) is 21.7 Å².